The Kier molecular flexibility index (Phi) is 3.17. The molecule has 1 aromatic carbocycles. The second kappa shape index (κ2) is 4.21. The van der Waals surface area contributed by atoms with Crippen LogP contribution >= 0.6 is 0 Å². The van der Waals surface area contributed by atoms with E-state index in [1.807, 2.05) is 0 Å². The van der Waals surface area contributed by atoms with E-state index in [1.165, 1.54) is 11.4 Å². The Labute approximate surface area is 87.7 Å². The fourth-order valence-electron chi connectivity index (χ4n) is 1.09. The molecule has 2 amide bonds. The average molecular weight is 233 g/mol. The Bertz CT molecular complexity index is 428. The maximum atomic E-state index is 12.4. The van der Waals surface area contributed by atoms with Crippen LogP contribution in [-0.2, 0) is 6.18 Å². The molecular formula is C9H6F3NO3. The topological polar surface area (TPSA) is 66.4 Å². The average Bonchev–Trinajstić information content (AvgIpc) is 2.15. The summed E-state index contributed by atoms with van der Waals surface area (Å²) >= 11 is 0. The summed E-state index contributed by atoms with van der Waals surface area (Å²) in [7, 11) is 0. The Hall–Kier alpha value is -2.05. The summed E-state index contributed by atoms with van der Waals surface area (Å²) < 4.78 is 37.3. The number of amides is 2. The molecule has 0 saturated heterocycles. The number of benzene rings is 1. The molecular weight excluding hydrogens is 227 g/mol. The molecule has 0 saturated carbocycles. The van der Waals surface area contributed by atoms with Crippen molar-refractivity contribution in [3.05, 3.63) is 35.4 Å². The molecule has 86 valence electrons. The maximum Gasteiger partial charge on any atom is 0.417 e. The second-order valence-corrected chi connectivity index (χ2v) is 2.80. The molecule has 0 unspecified atom stereocenters. The Morgan fingerprint density at radius 2 is 1.75 bits per heavy atom. The fraction of sp³-hybridized carbons (Fsp3) is 0.111. The lowest BCUT2D eigenvalue weighted by Gasteiger charge is -2.10. The highest BCUT2D eigenvalue weighted by Gasteiger charge is 2.35. The predicted octanol–water partition coefficient (Wildman–Crippen LogP) is 2.11. The smallest absolute Gasteiger partial charge is 0.417 e. The number of hydrogen-bond acceptors (Lipinski definition) is 2. The summed E-state index contributed by atoms with van der Waals surface area (Å²) in [6, 6.07) is 3.93. The zero-order valence-electron chi connectivity index (χ0n) is 7.71. The third-order valence-corrected chi connectivity index (χ3v) is 1.70. The van der Waals surface area contributed by atoms with Gasteiger partial charge < -0.3 is 5.11 Å². The highest BCUT2D eigenvalue weighted by atomic mass is 19.4. The number of nitrogens with one attached hydrogen (secondary N) is 1. The molecule has 0 heterocycles. The van der Waals surface area contributed by atoms with Crippen LogP contribution in [0, 0.1) is 0 Å². The van der Waals surface area contributed by atoms with E-state index in [0.717, 1.165) is 12.1 Å². The van der Waals surface area contributed by atoms with Gasteiger partial charge >= 0.3 is 12.3 Å². The van der Waals surface area contributed by atoms with Crippen molar-refractivity contribution in [2.45, 2.75) is 6.18 Å². The SMILES string of the molecule is O=C(O)NC(=O)c1ccccc1C(F)(F)F. The molecule has 16 heavy (non-hydrogen) atoms. The largest absolute Gasteiger partial charge is 0.465 e. The molecule has 0 atom stereocenters. The summed E-state index contributed by atoms with van der Waals surface area (Å²) in [5.41, 5.74) is -1.90. The molecule has 0 bridgehead atoms. The van der Waals surface area contributed by atoms with Crippen LogP contribution in [0.2, 0.25) is 0 Å². The highest BCUT2D eigenvalue weighted by Crippen LogP contribution is 2.31. The van der Waals surface area contributed by atoms with Gasteiger partial charge in [-0.15, -0.1) is 0 Å². The first kappa shape index (κ1) is 12.0. The first-order valence-electron chi connectivity index (χ1n) is 4.03. The number of halogens is 3. The minimum absolute atomic E-state index is 0.705. The number of alkyl halides is 3. The van der Waals surface area contributed by atoms with Gasteiger partial charge in [-0.25, -0.2) is 4.79 Å². The van der Waals surface area contributed by atoms with Gasteiger partial charge in [0.2, 0.25) is 0 Å². The van der Waals surface area contributed by atoms with Crippen molar-refractivity contribution >= 4 is 12.0 Å². The van der Waals surface area contributed by atoms with Crippen molar-refractivity contribution in [1.82, 2.24) is 5.32 Å². The monoisotopic (exact) mass is 233 g/mol. The van der Waals surface area contributed by atoms with E-state index < -0.39 is 29.3 Å². The molecule has 4 nitrogen and oxygen atoms in total. The second-order valence-electron chi connectivity index (χ2n) is 2.80. The number of carbonyl (C=O) groups is 2. The van der Waals surface area contributed by atoms with Gasteiger partial charge in [0.25, 0.3) is 5.91 Å². The Morgan fingerprint density at radius 3 is 2.25 bits per heavy atom. The third kappa shape index (κ3) is 2.72. The van der Waals surface area contributed by atoms with Gasteiger partial charge in [0.05, 0.1) is 11.1 Å². The van der Waals surface area contributed by atoms with Crippen LogP contribution in [0.3, 0.4) is 0 Å². The summed E-state index contributed by atoms with van der Waals surface area (Å²) in [6.45, 7) is 0. The predicted molar refractivity (Wildman–Crippen MR) is 46.9 cm³/mol. The first-order valence-corrected chi connectivity index (χ1v) is 4.03. The van der Waals surface area contributed by atoms with Gasteiger partial charge in [0.1, 0.15) is 0 Å². The zero-order chi connectivity index (χ0) is 12.3. The van der Waals surface area contributed by atoms with E-state index in [4.69, 9.17) is 5.11 Å². The normalized spacial score (nSPS) is 10.9. The highest BCUT2D eigenvalue weighted by molar-refractivity contribution is 6.03. The number of rotatable bonds is 1. The molecule has 0 aliphatic carbocycles. The van der Waals surface area contributed by atoms with E-state index >= 15 is 0 Å². The van der Waals surface area contributed by atoms with Crippen LogP contribution < -0.4 is 5.32 Å². The van der Waals surface area contributed by atoms with Crippen molar-refractivity contribution in [1.29, 1.82) is 0 Å². The fourth-order valence-corrected chi connectivity index (χ4v) is 1.09. The van der Waals surface area contributed by atoms with Crippen molar-refractivity contribution in [2.75, 3.05) is 0 Å². The van der Waals surface area contributed by atoms with Gasteiger partial charge in [-0.05, 0) is 12.1 Å². The van der Waals surface area contributed by atoms with Crippen LogP contribution in [0.15, 0.2) is 24.3 Å². The maximum absolute atomic E-state index is 12.4. The van der Waals surface area contributed by atoms with Crippen molar-refractivity contribution < 1.29 is 27.9 Å². The van der Waals surface area contributed by atoms with Crippen molar-refractivity contribution in [3.63, 3.8) is 0 Å². The van der Waals surface area contributed by atoms with E-state index in [2.05, 4.69) is 0 Å². The molecule has 0 fully saturated rings. The minimum atomic E-state index is -4.70. The molecule has 0 aliphatic heterocycles. The number of imide groups is 1. The lowest BCUT2D eigenvalue weighted by Crippen LogP contribution is -2.30. The van der Waals surface area contributed by atoms with Crippen LogP contribution in [0.1, 0.15) is 15.9 Å². The lowest BCUT2D eigenvalue weighted by atomic mass is 10.1. The molecule has 1 aromatic rings. The van der Waals surface area contributed by atoms with Gasteiger partial charge in [-0.2, -0.15) is 13.2 Å². The van der Waals surface area contributed by atoms with Crippen LogP contribution in [0.5, 0.6) is 0 Å². The molecule has 0 radical (unpaired) electrons. The number of hydrogen-bond donors (Lipinski definition) is 2. The van der Waals surface area contributed by atoms with Gasteiger partial charge in [-0.3, -0.25) is 10.1 Å². The zero-order valence-corrected chi connectivity index (χ0v) is 7.71. The summed E-state index contributed by atoms with van der Waals surface area (Å²) in [4.78, 5) is 21.3. The molecule has 0 aromatic heterocycles. The quantitative estimate of drug-likeness (QED) is 0.780. The van der Waals surface area contributed by atoms with Crippen molar-refractivity contribution in [3.8, 4) is 0 Å². The van der Waals surface area contributed by atoms with E-state index in [1.54, 1.807) is 0 Å². The Morgan fingerprint density at radius 1 is 1.19 bits per heavy atom. The Balaban J connectivity index is 3.14. The van der Waals surface area contributed by atoms with Crippen LogP contribution in [-0.4, -0.2) is 17.1 Å². The number of carbonyl (C=O) groups excluding carboxylic acids is 1. The third-order valence-electron chi connectivity index (χ3n) is 1.70. The van der Waals surface area contributed by atoms with Crippen molar-refractivity contribution in [2.24, 2.45) is 0 Å². The van der Waals surface area contributed by atoms with Crippen LogP contribution in [0.25, 0.3) is 0 Å². The molecule has 0 aliphatic rings. The summed E-state index contributed by atoms with van der Waals surface area (Å²) in [6.07, 6.45) is -6.41. The van der Waals surface area contributed by atoms with Crippen LogP contribution in [0.4, 0.5) is 18.0 Å². The van der Waals surface area contributed by atoms with Gasteiger partial charge in [0.15, 0.2) is 0 Å². The van der Waals surface area contributed by atoms with Gasteiger partial charge in [0, 0.05) is 0 Å². The van der Waals surface area contributed by atoms with E-state index in [9.17, 15) is 22.8 Å². The molecule has 1 rings (SSSR count). The first-order chi connectivity index (χ1) is 7.32. The standard InChI is InChI=1S/C9H6F3NO3/c10-9(11,12)6-4-2-1-3-5(6)7(14)13-8(15)16/h1-4H,(H,13,14)(H,15,16). The van der Waals surface area contributed by atoms with Gasteiger partial charge in [-0.1, -0.05) is 12.1 Å². The lowest BCUT2D eigenvalue weighted by molar-refractivity contribution is -0.137. The minimum Gasteiger partial charge on any atom is -0.465 e. The molecule has 7 heteroatoms. The number of carboxylic acid groups (broad SMARTS) is 1. The molecule has 0 spiro atoms. The summed E-state index contributed by atoms with van der Waals surface area (Å²) in [5, 5.41) is 9.57. The van der Waals surface area contributed by atoms with E-state index in [0.29, 0.717) is 6.07 Å². The summed E-state index contributed by atoms with van der Waals surface area (Å²) in [5.74, 6) is -1.31. The molecule has 2 N–H and O–H groups in total. The van der Waals surface area contributed by atoms with E-state index in [-0.39, 0.29) is 0 Å².